The average molecular weight is 270 g/mol. The molecular formula is C12H16ClN3O2. The first kappa shape index (κ1) is 13.0. The lowest BCUT2D eigenvalue weighted by molar-refractivity contribution is 0.368. The van der Waals surface area contributed by atoms with E-state index in [1.807, 2.05) is 6.07 Å². The van der Waals surface area contributed by atoms with Gasteiger partial charge in [-0.1, -0.05) is 6.07 Å². The number of phenolic OH excluding ortho intramolecular Hbond substituents is 1. The molecule has 2 heterocycles. The predicted molar refractivity (Wildman–Crippen MR) is 72.6 cm³/mol. The Hall–Kier alpha value is -1.46. The average Bonchev–Trinajstić information content (AvgIpc) is 2.68. The number of aromatic hydroxyl groups is 1. The van der Waals surface area contributed by atoms with Crippen molar-refractivity contribution in [2.75, 3.05) is 13.1 Å². The Kier molecular flexibility index (Phi) is 3.63. The molecule has 1 aliphatic rings. The van der Waals surface area contributed by atoms with Crippen LogP contribution in [0, 0.1) is 0 Å². The molecule has 1 fully saturated rings. The maximum Gasteiger partial charge on any atom is 0.326 e. The number of halogens is 1. The van der Waals surface area contributed by atoms with E-state index in [-0.39, 0.29) is 29.9 Å². The van der Waals surface area contributed by atoms with Crippen molar-refractivity contribution in [1.82, 2.24) is 14.9 Å². The van der Waals surface area contributed by atoms with Gasteiger partial charge in [-0.2, -0.15) is 0 Å². The summed E-state index contributed by atoms with van der Waals surface area (Å²) in [6, 6.07) is 5.45. The number of fused-ring (bicyclic) bond motifs is 1. The van der Waals surface area contributed by atoms with Crippen molar-refractivity contribution in [2.24, 2.45) is 0 Å². The van der Waals surface area contributed by atoms with Crippen LogP contribution in [-0.4, -0.2) is 27.7 Å². The Labute approximate surface area is 110 Å². The molecule has 0 saturated carbocycles. The second-order valence-corrected chi connectivity index (χ2v) is 4.45. The van der Waals surface area contributed by atoms with E-state index in [0.717, 1.165) is 31.4 Å². The second-order valence-electron chi connectivity index (χ2n) is 4.45. The van der Waals surface area contributed by atoms with E-state index in [4.69, 9.17) is 0 Å². The van der Waals surface area contributed by atoms with E-state index in [1.165, 1.54) is 0 Å². The van der Waals surface area contributed by atoms with Gasteiger partial charge in [-0.3, -0.25) is 4.57 Å². The van der Waals surface area contributed by atoms with Crippen LogP contribution in [0.2, 0.25) is 0 Å². The summed E-state index contributed by atoms with van der Waals surface area (Å²) in [5, 5.41) is 13.0. The molecule has 0 radical (unpaired) electrons. The van der Waals surface area contributed by atoms with Crippen molar-refractivity contribution >= 4 is 23.4 Å². The number of phenols is 1. The molecule has 1 aliphatic heterocycles. The minimum Gasteiger partial charge on any atom is -0.506 e. The Morgan fingerprint density at radius 1 is 1.28 bits per heavy atom. The van der Waals surface area contributed by atoms with Gasteiger partial charge in [0.15, 0.2) is 0 Å². The lowest BCUT2D eigenvalue weighted by atomic mass is 10.1. The summed E-state index contributed by atoms with van der Waals surface area (Å²) in [7, 11) is 0. The van der Waals surface area contributed by atoms with Crippen molar-refractivity contribution in [3.05, 3.63) is 28.7 Å². The molecule has 3 rings (SSSR count). The first-order valence-corrected chi connectivity index (χ1v) is 5.90. The fourth-order valence-electron chi connectivity index (χ4n) is 2.56. The van der Waals surface area contributed by atoms with Crippen LogP contribution >= 0.6 is 12.4 Å². The number of H-pyrrole nitrogens is 1. The van der Waals surface area contributed by atoms with Gasteiger partial charge in [0.2, 0.25) is 0 Å². The summed E-state index contributed by atoms with van der Waals surface area (Å²) in [6.45, 7) is 1.87. The fourth-order valence-corrected chi connectivity index (χ4v) is 2.56. The van der Waals surface area contributed by atoms with Gasteiger partial charge in [0.1, 0.15) is 11.3 Å². The van der Waals surface area contributed by atoms with E-state index >= 15 is 0 Å². The highest BCUT2D eigenvalue weighted by Gasteiger charge is 2.20. The molecule has 0 bridgehead atoms. The molecule has 18 heavy (non-hydrogen) atoms. The van der Waals surface area contributed by atoms with Gasteiger partial charge in [0.05, 0.1) is 5.52 Å². The van der Waals surface area contributed by atoms with Gasteiger partial charge in [0.25, 0.3) is 0 Å². The quantitative estimate of drug-likeness (QED) is 0.733. The van der Waals surface area contributed by atoms with Gasteiger partial charge in [0, 0.05) is 6.04 Å². The van der Waals surface area contributed by atoms with Crippen LogP contribution in [0.5, 0.6) is 5.75 Å². The lowest BCUT2D eigenvalue weighted by Crippen LogP contribution is -2.33. The maximum absolute atomic E-state index is 12.0. The summed E-state index contributed by atoms with van der Waals surface area (Å²) in [5.74, 6) is 0.132. The van der Waals surface area contributed by atoms with Crippen molar-refractivity contribution < 1.29 is 5.11 Å². The first-order valence-electron chi connectivity index (χ1n) is 5.90. The van der Waals surface area contributed by atoms with Crippen LogP contribution in [0.4, 0.5) is 0 Å². The zero-order valence-electron chi connectivity index (χ0n) is 9.85. The Bertz CT molecular complexity index is 599. The minimum absolute atomic E-state index is 0. The van der Waals surface area contributed by atoms with Crippen LogP contribution < -0.4 is 11.0 Å². The smallest absolute Gasteiger partial charge is 0.326 e. The fraction of sp³-hybridized carbons (Fsp3) is 0.417. The third-order valence-electron chi connectivity index (χ3n) is 3.40. The highest BCUT2D eigenvalue weighted by Crippen LogP contribution is 2.26. The molecule has 1 aromatic heterocycles. The lowest BCUT2D eigenvalue weighted by Gasteiger charge is -2.23. The number of aromatic nitrogens is 2. The molecule has 2 aromatic rings. The normalized spacial score (nSPS) is 16.7. The number of aromatic amines is 1. The summed E-state index contributed by atoms with van der Waals surface area (Å²) in [4.78, 5) is 14.7. The van der Waals surface area contributed by atoms with E-state index < -0.39 is 0 Å². The number of para-hydroxylation sites is 1. The second kappa shape index (κ2) is 5.04. The summed E-state index contributed by atoms with van der Waals surface area (Å²) in [6.07, 6.45) is 1.89. The van der Waals surface area contributed by atoms with Gasteiger partial charge in [-0.25, -0.2) is 4.79 Å². The molecule has 3 N–H and O–H groups in total. The van der Waals surface area contributed by atoms with Crippen molar-refractivity contribution in [2.45, 2.75) is 18.9 Å². The summed E-state index contributed by atoms with van der Waals surface area (Å²) < 4.78 is 1.77. The van der Waals surface area contributed by atoms with Crippen LogP contribution in [-0.2, 0) is 0 Å². The monoisotopic (exact) mass is 269 g/mol. The Morgan fingerprint density at radius 2 is 2.00 bits per heavy atom. The van der Waals surface area contributed by atoms with Gasteiger partial charge < -0.3 is 15.4 Å². The number of rotatable bonds is 1. The molecule has 0 atom stereocenters. The van der Waals surface area contributed by atoms with Crippen molar-refractivity contribution in [3.63, 3.8) is 0 Å². The van der Waals surface area contributed by atoms with E-state index in [1.54, 1.807) is 16.7 Å². The number of nitrogens with one attached hydrogen (secondary N) is 2. The third kappa shape index (κ3) is 2.00. The van der Waals surface area contributed by atoms with Gasteiger partial charge in [-0.05, 0) is 38.1 Å². The number of hydrogen-bond donors (Lipinski definition) is 3. The van der Waals surface area contributed by atoms with E-state index in [9.17, 15) is 9.90 Å². The third-order valence-corrected chi connectivity index (χ3v) is 3.40. The zero-order valence-corrected chi connectivity index (χ0v) is 10.7. The molecule has 0 aliphatic carbocycles. The molecule has 0 amide bonds. The Morgan fingerprint density at radius 3 is 2.72 bits per heavy atom. The molecule has 6 heteroatoms. The minimum atomic E-state index is -0.131. The number of imidazole rings is 1. The number of benzene rings is 1. The Balaban J connectivity index is 0.00000120. The molecule has 5 nitrogen and oxygen atoms in total. The standard InChI is InChI=1S/C12H15N3O2.ClH/c16-10-3-1-2-9-11(10)14-12(17)15(9)8-4-6-13-7-5-8;/h1-3,8,13,16H,4-7H2,(H,14,17);1H. The number of nitrogens with zero attached hydrogens (tertiary/aromatic N) is 1. The molecule has 1 aromatic carbocycles. The van der Waals surface area contributed by atoms with Crippen LogP contribution in [0.3, 0.4) is 0 Å². The molecule has 0 unspecified atom stereocenters. The first-order chi connectivity index (χ1) is 8.27. The van der Waals surface area contributed by atoms with Gasteiger partial charge >= 0.3 is 5.69 Å². The van der Waals surface area contributed by atoms with Crippen molar-refractivity contribution in [3.8, 4) is 5.75 Å². The predicted octanol–water partition coefficient (Wildman–Crippen LogP) is 1.38. The molecule has 98 valence electrons. The summed E-state index contributed by atoms with van der Waals surface area (Å²) >= 11 is 0. The van der Waals surface area contributed by atoms with E-state index in [0.29, 0.717) is 5.52 Å². The number of piperidine rings is 1. The van der Waals surface area contributed by atoms with Crippen LogP contribution in [0.15, 0.2) is 23.0 Å². The highest BCUT2D eigenvalue weighted by atomic mass is 35.5. The van der Waals surface area contributed by atoms with E-state index in [2.05, 4.69) is 10.3 Å². The van der Waals surface area contributed by atoms with Crippen LogP contribution in [0.1, 0.15) is 18.9 Å². The van der Waals surface area contributed by atoms with Crippen LogP contribution in [0.25, 0.3) is 11.0 Å². The zero-order chi connectivity index (χ0) is 11.8. The van der Waals surface area contributed by atoms with Crippen molar-refractivity contribution in [1.29, 1.82) is 0 Å². The highest BCUT2D eigenvalue weighted by molar-refractivity contribution is 5.85. The molecule has 1 saturated heterocycles. The number of hydrogen-bond acceptors (Lipinski definition) is 3. The SMILES string of the molecule is Cl.O=c1[nH]c2c(O)cccc2n1C1CCNCC1. The topological polar surface area (TPSA) is 70.0 Å². The maximum atomic E-state index is 12.0. The summed E-state index contributed by atoms with van der Waals surface area (Å²) in [5.41, 5.74) is 1.20. The molecule has 0 spiro atoms. The molecular weight excluding hydrogens is 254 g/mol. The van der Waals surface area contributed by atoms with Gasteiger partial charge in [-0.15, -0.1) is 12.4 Å². The largest absolute Gasteiger partial charge is 0.506 e.